The van der Waals surface area contributed by atoms with E-state index in [1.54, 1.807) is 29.8 Å². The Bertz CT molecular complexity index is 710. The van der Waals surface area contributed by atoms with Gasteiger partial charge in [-0.1, -0.05) is 35.9 Å². The van der Waals surface area contributed by atoms with Gasteiger partial charge in [0.25, 0.3) is 0 Å². The van der Waals surface area contributed by atoms with E-state index in [4.69, 9.17) is 16.9 Å². The summed E-state index contributed by atoms with van der Waals surface area (Å²) >= 11 is 7.41. The van der Waals surface area contributed by atoms with Gasteiger partial charge < -0.3 is 4.90 Å². The average molecular weight is 345 g/mol. The summed E-state index contributed by atoms with van der Waals surface area (Å²) in [5.74, 6) is 1.22. The summed E-state index contributed by atoms with van der Waals surface area (Å²) in [5, 5.41) is 9.57. The molecule has 0 radical (unpaired) electrons. The number of thioether (sulfide) groups is 1. The molecular formula is C18H17ClN2OS. The highest BCUT2D eigenvalue weighted by molar-refractivity contribution is 7.99. The van der Waals surface area contributed by atoms with Crippen LogP contribution in [0.3, 0.4) is 0 Å². The van der Waals surface area contributed by atoms with Crippen LogP contribution in [0.1, 0.15) is 16.7 Å². The molecule has 23 heavy (non-hydrogen) atoms. The molecule has 0 aliphatic rings. The van der Waals surface area contributed by atoms with Gasteiger partial charge in [0.1, 0.15) is 0 Å². The summed E-state index contributed by atoms with van der Waals surface area (Å²) in [6.07, 6.45) is 0. The van der Waals surface area contributed by atoms with E-state index in [-0.39, 0.29) is 5.91 Å². The van der Waals surface area contributed by atoms with E-state index in [1.807, 2.05) is 42.5 Å². The molecule has 0 aliphatic heterocycles. The van der Waals surface area contributed by atoms with Crippen LogP contribution in [-0.4, -0.2) is 23.6 Å². The second kappa shape index (κ2) is 8.61. The molecule has 0 aliphatic carbocycles. The Morgan fingerprint density at radius 1 is 1.22 bits per heavy atom. The first kappa shape index (κ1) is 17.4. The van der Waals surface area contributed by atoms with Gasteiger partial charge in [0.15, 0.2) is 0 Å². The fourth-order valence-electron chi connectivity index (χ4n) is 2.05. The summed E-state index contributed by atoms with van der Waals surface area (Å²) in [7, 11) is 1.80. The molecule has 2 rings (SSSR count). The summed E-state index contributed by atoms with van der Waals surface area (Å²) in [6, 6.07) is 17.1. The van der Waals surface area contributed by atoms with Crippen molar-refractivity contribution in [2.45, 2.75) is 12.3 Å². The lowest BCUT2D eigenvalue weighted by Gasteiger charge is -2.17. The molecule has 118 valence electrons. The molecule has 0 saturated carbocycles. The standard InChI is InChI=1S/C18H17ClN2OS/c1-21(11-14-5-7-17(19)8-6-14)18(22)13-23-12-16-4-2-3-15(9-16)10-20/h2-9H,11-13H2,1H3. The Kier molecular flexibility index (Phi) is 6.52. The van der Waals surface area contributed by atoms with Crippen molar-refractivity contribution in [1.29, 1.82) is 5.26 Å². The van der Waals surface area contributed by atoms with Crippen LogP contribution in [0.15, 0.2) is 48.5 Å². The summed E-state index contributed by atoms with van der Waals surface area (Å²) in [4.78, 5) is 13.9. The molecule has 3 nitrogen and oxygen atoms in total. The lowest BCUT2D eigenvalue weighted by molar-refractivity contribution is -0.127. The van der Waals surface area contributed by atoms with Crippen molar-refractivity contribution in [2.75, 3.05) is 12.8 Å². The van der Waals surface area contributed by atoms with E-state index in [0.29, 0.717) is 22.9 Å². The zero-order chi connectivity index (χ0) is 16.7. The minimum Gasteiger partial charge on any atom is -0.341 e. The Morgan fingerprint density at radius 2 is 1.96 bits per heavy atom. The van der Waals surface area contributed by atoms with Gasteiger partial charge in [-0.05, 0) is 35.4 Å². The van der Waals surface area contributed by atoms with Crippen LogP contribution in [0, 0.1) is 11.3 Å². The predicted molar refractivity (Wildman–Crippen MR) is 95.2 cm³/mol. The van der Waals surface area contributed by atoms with Gasteiger partial charge in [-0.15, -0.1) is 11.8 Å². The largest absolute Gasteiger partial charge is 0.341 e. The molecule has 0 N–H and O–H groups in total. The minimum absolute atomic E-state index is 0.0846. The zero-order valence-corrected chi connectivity index (χ0v) is 14.4. The average Bonchev–Trinajstić information content (AvgIpc) is 2.57. The lowest BCUT2D eigenvalue weighted by atomic mass is 10.2. The third kappa shape index (κ3) is 5.63. The fourth-order valence-corrected chi connectivity index (χ4v) is 3.09. The third-order valence-electron chi connectivity index (χ3n) is 3.31. The van der Waals surface area contributed by atoms with Gasteiger partial charge in [0, 0.05) is 24.4 Å². The van der Waals surface area contributed by atoms with E-state index >= 15 is 0 Å². The number of nitrogens with zero attached hydrogens (tertiary/aromatic N) is 2. The SMILES string of the molecule is CN(Cc1ccc(Cl)cc1)C(=O)CSCc1cccc(C#N)c1. The number of rotatable bonds is 6. The van der Waals surface area contributed by atoms with Gasteiger partial charge in [-0.3, -0.25) is 4.79 Å². The van der Waals surface area contributed by atoms with Crippen LogP contribution < -0.4 is 0 Å². The number of amides is 1. The monoisotopic (exact) mass is 344 g/mol. The maximum Gasteiger partial charge on any atom is 0.232 e. The van der Waals surface area contributed by atoms with Crippen LogP contribution in [0.4, 0.5) is 0 Å². The van der Waals surface area contributed by atoms with E-state index in [0.717, 1.165) is 16.9 Å². The van der Waals surface area contributed by atoms with Crippen LogP contribution in [0.25, 0.3) is 0 Å². The number of hydrogen-bond acceptors (Lipinski definition) is 3. The maximum absolute atomic E-state index is 12.2. The molecule has 0 aromatic heterocycles. The van der Waals surface area contributed by atoms with Crippen molar-refractivity contribution >= 4 is 29.3 Å². The molecule has 0 atom stereocenters. The Labute approximate surface area is 145 Å². The number of halogens is 1. The molecule has 0 unspecified atom stereocenters. The van der Waals surface area contributed by atoms with Crippen molar-refractivity contribution in [2.24, 2.45) is 0 Å². The van der Waals surface area contributed by atoms with Crippen molar-refractivity contribution in [3.8, 4) is 6.07 Å². The number of benzene rings is 2. The second-order valence-electron chi connectivity index (χ2n) is 5.18. The third-order valence-corrected chi connectivity index (χ3v) is 4.55. The first-order chi connectivity index (χ1) is 11.1. The molecule has 0 saturated heterocycles. The van der Waals surface area contributed by atoms with Crippen LogP contribution >= 0.6 is 23.4 Å². The fraction of sp³-hybridized carbons (Fsp3) is 0.222. The van der Waals surface area contributed by atoms with E-state index < -0.39 is 0 Å². The van der Waals surface area contributed by atoms with Crippen molar-refractivity contribution in [3.63, 3.8) is 0 Å². The Morgan fingerprint density at radius 3 is 2.65 bits per heavy atom. The topological polar surface area (TPSA) is 44.1 Å². The van der Waals surface area contributed by atoms with E-state index in [1.165, 1.54) is 0 Å². The number of carbonyl (C=O) groups is 1. The second-order valence-corrected chi connectivity index (χ2v) is 6.60. The van der Waals surface area contributed by atoms with Crippen molar-refractivity contribution < 1.29 is 4.79 Å². The van der Waals surface area contributed by atoms with Gasteiger partial charge in [0.2, 0.25) is 5.91 Å². The van der Waals surface area contributed by atoms with Crippen molar-refractivity contribution in [1.82, 2.24) is 4.90 Å². The molecule has 0 bridgehead atoms. The highest BCUT2D eigenvalue weighted by Gasteiger charge is 2.09. The summed E-state index contributed by atoms with van der Waals surface area (Å²) in [5.41, 5.74) is 2.76. The Balaban J connectivity index is 1.79. The summed E-state index contributed by atoms with van der Waals surface area (Å²) in [6.45, 7) is 0.570. The lowest BCUT2D eigenvalue weighted by Crippen LogP contribution is -2.27. The Hall–Kier alpha value is -1.96. The molecule has 0 heterocycles. The number of hydrogen-bond donors (Lipinski definition) is 0. The first-order valence-corrected chi connectivity index (χ1v) is 8.67. The molecular weight excluding hydrogens is 328 g/mol. The van der Waals surface area contributed by atoms with Crippen molar-refractivity contribution in [3.05, 3.63) is 70.2 Å². The van der Waals surface area contributed by atoms with Gasteiger partial charge in [-0.2, -0.15) is 5.26 Å². The van der Waals surface area contributed by atoms with E-state index in [9.17, 15) is 4.79 Å². The zero-order valence-electron chi connectivity index (χ0n) is 12.8. The van der Waals surface area contributed by atoms with Gasteiger partial charge in [0.05, 0.1) is 17.4 Å². The van der Waals surface area contributed by atoms with E-state index in [2.05, 4.69) is 6.07 Å². The molecule has 1 amide bonds. The highest BCUT2D eigenvalue weighted by atomic mass is 35.5. The minimum atomic E-state index is 0.0846. The maximum atomic E-state index is 12.2. The van der Waals surface area contributed by atoms with Gasteiger partial charge in [-0.25, -0.2) is 0 Å². The van der Waals surface area contributed by atoms with Gasteiger partial charge >= 0.3 is 0 Å². The quantitative estimate of drug-likeness (QED) is 0.792. The number of carbonyl (C=O) groups excluding carboxylic acids is 1. The molecule has 2 aromatic rings. The normalized spacial score (nSPS) is 10.1. The molecule has 0 fully saturated rings. The highest BCUT2D eigenvalue weighted by Crippen LogP contribution is 2.15. The number of nitriles is 1. The molecule has 5 heteroatoms. The van der Waals surface area contributed by atoms with Crippen LogP contribution in [-0.2, 0) is 17.1 Å². The summed E-state index contributed by atoms with van der Waals surface area (Å²) < 4.78 is 0. The van der Waals surface area contributed by atoms with Crippen LogP contribution in [0.2, 0.25) is 5.02 Å². The molecule has 0 spiro atoms. The molecule has 2 aromatic carbocycles. The first-order valence-electron chi connectivity index (χ1n) is 7.13. The van der Waals surface area contributed by atoms with Crippen LogP contribution in [0.5, 0.6) is 0 Å². The predicted octanol–water partition coefficient (Wildman–Crippen LogP) is 4.10. The smallest absolute Gasteiger partial charge is 0.232 e.